The molecule has 0 atom stereocenters. The number of amides is 6. The van der Waals surface area contributed by atoms with Crippen molar-refractivity contribution in [1.29, 1.82) is 0 Å². The Morgan fingerprint density at radius 2 is 1.42 bits per heavy atom. The number of piperidine rings is 2. The molecule has 3 aliphatic rings. The molecule has 0 unspecified atom stereocenters. The van der Waals surface area contributed by atoms with Gasteiger partial charge in [0.1, 0.15) is 13.1 Å². The van der Waals surface area contributed by atoms with E-state index in [9.17, 15) is 32.8 Å². The van der Waals surface area contributed by atoms with Crippen LogP contribution in [0.3, 0.4) is 0 Å². The van der Waals surface area contributed by atoms with E-state index in [1.165, 1.54) is 4.90 Å². The molecule has 0 bridgehead atoms. The third-order valence-corrected chi connectivity index (χ3v) is 8.73. The fourth-order valence-corrected chi connectivity index (χ4v) is 6.03. The number of urea groups is 1. The summed E-state index contributed by atoms with van der Waals surface area (Å²) in [4.78, 5) is 70.5. The molecule has 0 aromatic heterocycles. The number of hydrogen-bond acceptors (Lipinski definition) is 5. The summed E-state index contributed by atoms with van der Waals surface area (Å²) in [7, 11) is 0. The summed E-state index contributed by atoms with van der Waals surface area (Å²) >= 11 is 0. The number of benzene rings is 2. The third-order valence-electron chi connectivity index (χ3n) is 8.73. The molecule has 11 nitrogen and oxygen atoms in total. The molecule has 0 radical (unpaired) electrons. The van der Waals surface area contributed by atoms with Crippen LogP contribution in [0.25, 0.3) is 0 Å². The van der Waals surface area contributed by atoms with Crippen molar-refractivity contribution in [2.45, 2.75) is 56.5 Å². The Bertz CT molecular complexity index is 1420. The molecule has 0 saturated carbocycles. The molecule has 2 fully saturated rings. The van der Waals surface area contributed by atoms with Gasteiger partial charge in [-0.2, -0.15) is 0 Å². The quantitative estimate of drug-likeness (QED) is 0.483. The number of para-hydroxylation sites is 1. The van der Waals surface area contributed by atoms with Gasteiger partial charge in [0.25, 0.3) is 5.92 Å². The van der Waals surface area contributed by atoms with Crippen molar-refractivity contribution >= 4 is 35.3 Å². The highest BCUT2D eigenvalue weighted by atomic mass is 19.3. The van der Waals surface area contributed by atoms with E-state index < -0.39 is 55.1 Å². The monoisotopic (exact) mass is 624 g/mol. The number of anilines is 1. The van der Waals surface area contributed by atoms with Crippen LogP contribution in [-0.2, 0) is 32.1 Å². The van der Waals surface area contributed by atoms with Gasteiger partial charge in [-0.05, 0) is 36.1 Å². The van der Waals surface area contributed by atoms with Gasteiger partial charge >= 0.3 is 6.03 Å². The van der Waals surface area contributed by atoms with Crippen LogP contribution in [0.5, 0.6) is 0 Å². The van der Waals surface area contributed by atoms with E-state index in [0.717, 1.165) is 16.0 Å². The van der Waals surface area contributed by atoms with Gasteiger partial charge in [-0.25, -0.2) is 13.6 Å². The minimum atomic E-state index is -2.84. The van der Waals surface area contributed by atoms with Crippen LogP contribution < -0.4 is 16.0 Å². The van der Waals surface area contributed by atoms with E-state index in [2.05, 4.69) is 16.0 Å². The number of hydrogen-bond donors (Lipinski definition) is 3. The maximum Gasteiger partial charge on any atom is 0.321 e. The highest BCUT2D eigenvalue weighted by molar-refractivity contribution is 5.91. The van der Waals surface area contributed by atoms with E-state index in [0.29, 0.717) is 5.69 Å². The SMILES string of the molecule is O=C1CN(CC(=O)N2CCC(F)(F)CC2)C(=O)CC2(CCN(C(=O)Nc3ccccc3)CC2)NC(=O)Cc2ccccc2CN1. The van der Waals surface area contributed by atoms with E-state index in [4.69, 9.17) is 0 Å². The molecular weight excluding hydrogens is 586 g/mol. The summed E-state index contributed by atoms with van der Waals surface area (Å²) in [6.07, 6.45) is -0.561. The fraction of sp³-hybridized carbons (Fsp3) is 0.469. The van der Waals surface area contributed by atoms with Gasteiger partial charge < -0.3 is 30.7 Å². The minimum absolute atomic E-state index is 0.0297. The molecule has 6 amide bonds. The summed E-state index contributed by atoms with van der Waals surface area (Å²) < 4.78 is 27.4. The Kier molecular flexibility index (Phi) is 9.64. The second kappa shape index (κ2) is 13.6. The lowest BCUT2D eigenvalue weighted by Crippen LogP contribution is -2.59. The Balaban J connectivity index is 1.35. The Morgan fingerprint density at radius 1 is 0.800 bits per heavy atom. The summed E-state index contributed by atoms with van der Waals surface area (Å²) in [5.74, 6) is -4.69. The number of likely N-dealkylation sites (tertiary alicyclic amines) is 2. The van der Waals surface area contributed by atoms with Gasteiger partial charge in [0.05, 0.1) is 18.4 Å². The average molecular weight is 625 g/mol. The van der Waals surface area contributed by atoms with Gasteiger partial charge in [-0.3, -0.25) is 19.2 Å². The molecule has 2 saturated heterocycles. The largest absolute Gasteiger partial charge is 0.350 e. The van der Waals surface area contributed by atoms with Crippen molar-refractivity contribution in [2.24, 2.45) is 0 Å². The number of fused-ring (bicyclic) bond motifs is 1. The second-order valence-corrected chi connectivity index (χ2v) is 12.0. The van der Waals surface area contributed by atoms with Crippen LogP contribution in [0.4, 0.5) is 19.3 Å². The van der Waals surface area contributed by atoms with E-state index in [-0.39, 0.29) is 70.3 Å². The molecular formula is C32H38F2N6O5. The number of carbonyl (C=O) groups is 5. The molecule has 240 valence electrons. The van der Waals surface area contributed by atoms with Crippen molar-refractivity contribution in [3.63, 3.8) is 0 Å². The number of nitrogens with one attached hydrogen (secondary N) is 3. The molecule has 3 N–H and O–H groups in total. The number of nitrogens with zero attached hydrogens (tertiary/aromatic N) is 3. The number of rotatable bonds is 3. The number of carbonyl (C=O) groups excluding carboxylic acids is 5. The first-order valence-corrected chi connectivity index (χ1v) is 15.2. The van der Waals surface area contributed by atoms with E-state index in [1.807, 2.05) is 24.3 Å². The molecule has 45 heavy (non-hydrogen) atoms. The van der Waals surface area contributed by atoms with Crippen molar-refractivity contribution in [3.8, 4) is 0 Å². The Labute approximate surface area is 260 Å². The highest BCUT2D eigenvalue weighted by Gasteiger charge is 2.41. The zero-order valence-corrected chi connectivity index (χ0v) is 25.0. The average Bonchev–Trinajstić information content (AvgIpc) is 3.01. The second-order valence-electron chi connectivity index (χ2n) is 12.0. The van der Waals surface area contributed by atoms with Crippen LogP contribution in [0.1, 0.15) is 43.2 Å². The van der Waals surface area contributed by atoms with E-state index >= 15 is 0 Å². The van der Waals surface area contributed by atoms with Gasteiger partial charge in [0, 0.05) is 51.3 Å². The fourth-order valence-electron chi connectivity index (χ4n) is 6.03. The zero-order chi connectivity index (χ0) is 32.0. The topological polar surface area (TPSA) is 131 Å². The maximum atomic E-state index is 13.8. The lowest BCUT2D eigenvalue weighted by Gasteiger charge is -2.43. The molecule has 2 aromatic rings. The van der Waals surface area contributed by atoms with Crippen LogP contribution in [-0.4, -0.2) is 95.1 Å². The lowest BCUT2D eigenvalue weighted by atomic mass is 9.83. The first-order valence-electron chi connectivity index (χ1n) is 15.2. The summed E-state index contributed by atoms with van der Waals surface area (Å²) in [5, 5.41) is 8.71. The summed E-state index contributed by atoms with van der Waals surface area (Å²) in [6.45, 7) is -0.517. The van der Waals surface area contributed by atoms with Crippen LogP contribution in [0.2, 0.25) is 0 Å². The van der Waals surface area contributed by atoms with Gasteiger partial charge in [-0.1, -0.05) is 42.5 Å². The molecule has 3 aliphatic heterocycles. The molecule has 0 aliphatic carbocycles. The Morgan fingerprint density at radius 3 is 2.11 bits per heavy atom. The summed E-state index contributed by atoms with van der Waals surface area (Å²) in [5.41, 5.74) is 1.07. The summed E-state index contributed by atoms with van der Waals surface area (Å²) in [6, 6.07) is 15.9. The van der Waals surface area contributed by atoms with Gasteiger partial charge in [-0.15, -0.1) is 0 Å². The lowest BCUT2D eigenvalue weighted by molar-refractivity contribution is -0.147. The zero-order valence-electron chi connectivity index (χ0n) is 25.0. The molecule has 13 heteroatoms. The predicted octanol–water partition coefficient (Wildman–Crippen LogP) is 2.52. The van der Waals surface area contributed by atoms with Crippen LogP contribution >= 0.6 is 0 Å². The predicted molar refractivity (Wildman–Crippen MR) is 161 cm³/mol. The number of alkyl halides is 2. The molecule has 3 heterocycles. The smallest absolute Gasteiger partial charge is 0.321 e. The minimum Gasteiger partial charge on any atom is -0.350 e. The molecule has 2 aromatic carbocycles. The molecule has 1 spiro atoms. The highest BCUT2D eigenvalue weighted by Crippen LogP contribution is 2.30. The van der Waals surface area contributed by atoms with Gasteiger partial charge in [0.2, 0.25) is 23.6 Å². The van der Waals surface area contributed by atoms with Crippen molar-refractivity contribution in [2.75, 3.05) is 44.6 Å². The first-order chi connectivity index (χ1) is 21.5. The first kappa shape index (κ1) is 31.9. The standard InChI is InChI=1S/C32H38F2N6O5/c33-32(34)12-16-38(17-13-32)29(44)22-40-21-27(42)35-20-24-7-5-4-6-23(24)18-26(41)37-31(19-28(40)43)10-14-39(15-11-31)30(45)36-25-8-2-1-3-9-25/h1-9H,10-22H2,(H,35,42)(H,36,45)(H,37,41). The normalized spacial score (nSPS) is 20.6. The third kappa shape index (κ3) is 8.34. The number of halogens is 2. The van der Waals surface area contributed by atoms with Crippen molar-refractivity contribution < 1.29 is 32.8 Å². The van der Waals surface area contributed by atoms with Crippen molar-refractivity contribution in [3.05, 3.63) is 65.7 Å². The Hall–Kier alpha value is -4.55. The van der Waals surface area contributed by atoms with Crippen LogP contribution in [0.15, 0.2) is 54.6 Å². The molecule has 5 rings (SSSR count). The van der Waals surface area contributed by atoms with Crippen LogP contribution in [0, 0.1) is 0 Å². The van der Waals surface area contributed by atoms with Gasteiger partial charge in [0.15, 0.2) is 0 Å². The maximum absolute atomic E-state index is 13.8. The van der Waals surface area contributed by atoms with E-state index in [1.54, 1.807) is 35.2 Å². The van der Waals surface area contributed by atoms with Crippen molar-refractivity contribution in [1.82, 2.24) is 25.3 Å².